The SMILES string of the molecule is Cc1cccc2cccc(-c3ccc(-c4ccc5[nH]c6ccccc6c5c4)cc3)c12. The van der Waals surface area contributed by atoms with Gasteiger partial charge in [0.05, 0.1) is 0 Å². The van der Waals surface area contributed by atoms with Gasteiger partial charge in [-0.05, 0) is 63.7 Å². The van der Waals surface area contributed by atoms with Crippen molar-refractivity contribution < 1.29 is 0 Å². The van der Waals surface area contributed by atoms with Crippen molar-refractivity contribution in [3.8, 4) is 22.3 Å². The van der Waals surface area contributed by atoms with Crippen molar-refractivity contribution in [1.82, 2.24) is 4.98 Å². The molecule has 0 bridgehead atoms. The monoisotopic (exact) mass is 383 g/mol. The van der Waals surface area contributed by atoms with Crippen LogP contribution in [0.2, 0.25) is 0 Å². The third kappa shape index (κ3) is 2.63. The molecule has 6 aromatic rings. The Morgan fingerprint density at radius 1 is 0.533 bits per heavy atom. The number of nitrogens with one attached hydrogen (secondary N) is 1. The van der Waals surface area contributed by atoms with E-state index in [1.165, 1.54) is 60.4 Å². The predicted octanol–water partition coefficient (Wildman–Crippen LogP) is 8.12. The molecule has 6 rings (SSSR count). The molecule has 0 spiro atoms. The standard InChI is InChI=1S/C29H21N/c1-19-6-4-7-22-8-5-10-24(29(19)22)21-14-12-20(13-15-21)23-16-17-28-26(18-23)25-9-2-3-11-27(25)30-28/h2-18,30H,1H3. The van der Waals surface area contributed by atoms with Gasteiger partial charge in [-0.25, -0.2) is 0 Å². The molecule has 0 fully saturated rings. The molecule has 5 aromatic carbocycles. The van der Waals surface area contributed by atoms with E-state index in [1.54, 1.807) is 0 Å². The van der Waals surface area contributed by atoms with E-state index in [4.69, 9.17) is 0 Å². The molecule has 30 heavy (non-hydrogen) atoms. The smallest absolute Gasteiger partial charge is 0.0465 e. The molecule has 0 unspecified atom stereocenters. The Morgan fingerprint density at radius 3 is 2.10 bits per heavy atom. The Balaban J connectivity index is 1.46. The minimum Gasteiger partial charge on any atom is -0.355 e. The van der Waals surface area contributed by atoms with Crippen LogP contribution in [0.25, 0.3) is 54.8 Å². The Hall–Kier alpha value is -3.84. The van der Waals surface area contributed by atoms with Gasteiger partial charge in [0, 0.05) is 21.8 Å². The highest BCUT2D eigenvalue weighted by Crippen LogP contribution is 2.34. The number of aromatic amines is 1. The number of aromatic nitrogens is 1. The van der Waals surface area contributed by atoms with Crippen molar-refractivity contribution in [2.75, 3.05) is 0 Å². The van der Waals surface area contributed by atoms with E-state index in [1.807, 2.05) is 0 Å². The molecule has 0 radical (unpaired) electrons. The van der Waals surface area contributed by atoms with E-state index in [-0.39, 0.29) is 0 Å². The molecule has 1 N–H and O–H groups in total. The summed E-state index contributed by atoms with van der Waals surface area (Å²) in [5.41, 5.74) is 8.72. The lowest BCUT2D eigenvalue weighted by Crippen LogP contribution is -1.85. The second-order valence-corrected chi connectivity index (χ2v) is 7.99. The van der Waals surface area contributed by atoms with E-state index >= 15 is 0 Å². The highest BCUT2D eigenvalue weighted by molar-refractivity contribution is 6.08. The van der Waals surface area contributed by atoms with Crippen molar-refractivity contribution in [1.29, 1.82) is 0 Å². The van der Waals surface area contributed by atoms with Gasteiger partial charge in [-0.15, -0.1) is 0 Å². The van der Waals surface area contributed by atoms with Gasteiger partial charge >= 0.3 is 0 Å². The number of fused-ring (bicyclic) bond motifs is 4. The van der Waals surface area contributed by atoms with Crippen LogP contribution in [-0.2, 0) is 0 Å². The van der Waals surface area contributed by atoms with E-state index in [2.05, 4.69) is 115 Å². The molecule has 1 aromatic heterocycles. The Labute approximate surface area is 175 Å². The van der Waals surface area contributed by atoms with Crippen LogP contribution in [0.3, 0.4) is 0 Å². The van der Waals surface area contributed by atoms with Gasteiger partial charge in [-0.3, -0.25) is 0 Å². The molecule has 0 saturated carbocycles. The number of benzene rings is 5. The maximum Gasteiger partial charge on any atom is 0.0465 e. The van der Waals surface area contributed by atoms with E-state index in [9.17, 15) is 0 Å². The van der Waals surface area contributed by atoms with Crippen LogP contribution in [0.15, 0.2) is 103 Å². The number of aryl methyl sites for hydroxylation is 1. The fraction of sp³-hybridized carbons (Fsp3) is 0.0345. The summed E-state index contributed by atoms with van der Waals surface area (Å²) < 4.78 is 0. The third-order valence-corrected chi connectivity index (χ3v) is 6.15. The van der Waals surface area contributed by atoms with Gasteiger partial charge in [0.15, 0.2) is 0 Å². The van der Waals surface area contributed by atoms with E-state index in [0.717, 1.165) is 0 Å². The summed E-state index contributed by atoms with van der Waals surface area (Å²) in [7, 11) is 0. The van der Waals surface area contributed by atoms with Gasteiger partial charge in [0.2, 0.25) is 0 Å². The Kier molecular flexibility index (Phi) is 3.75. The van der Waals surface area contributed by atoms with Crippen molar-refractivity contribution in [2.24, 2.45) is 0 Å². The van der Waals surface area contributed by atoms with Crippen LogP contribution < -0.4 is 0 Å². The summed E-state index contributed by atoms with van der Waals surface area (Å²) in [6.45, 7) is 2.19. The zero-order valence-corrected chi connectivity index (χ0v) is 16.8. The summed E-state index contributed by atoms with van der Waals surface area (Å²) in [4.78, 5) is 3.51. The van der Waals surface area contributed by atoms with Crippen molar-refractivity contribution in [3.63, 3.8) is 0 Å². The average Bonchev–Trinajstić information content (AvgIpc) is 3.17. The second-order valence-electron chi connectivity index (χ2n) is 7.99. The second kappa shape index (κ2) is 6.60. The van der Waals surface area contributed by atoms with Gasteiger partial charge in [-0.1, -0.05) is 84.9 Å². The minimum atomic E-state index is 1.18. The Bertz CT molecular complexity index is 1530. The molecule has 142 valence electrons. The summed E-state index contributed by atoms with van der Waals surface area (Å²) in [6, 6.07) is 37.2. The summed E-state index contributed by atoms with van der Waals surface area (Å²) in [5.74, 6) is 0. The van der Waals surface area contributed by atoms with E-state index < -0.39 is 0 Å². The van der Waals surface area contributed by atoms with Crippen LogP contribution in [0.1, 0.15) is 5.56 Å². The van der Waals surface area contributed by atoms with Crippen molar-refractivity contribution in [3.05, 3.63) is 109 Å². The highest BCUT2D eigenvalue weighted by atomic mass is 14.7. The van der Waals surface area contributed by atoms with Crippen LogP contribution in [0, 0.1) is 6.92 Å². The molecular formula is C29H21N. The van der Waals surface area contributed by atoms with Gasteiger partial charge in [-0.2, -0.15) is 0 Å². The largest absolute Gasteiger partial charge is 0.355 e. The van der Waals surface area contributed by atoms with Crippen LogP contribution in [-0.4, -0.2) is 4.98 Å². The van der Waals surface area contributed by atoms with Crippen LogP contribution in [0.5, 0.6) is 0 Å². The first-order chi connectivity index (χ1) is 14.8. The van der Waals surface area contributed by atoms with E-state index in [0.29, 0.717) is 0 Å². The van der Waals surface area contributed by atoms with Crippen LogP contribution >= 0.6 is 0 Å². The first-order valence-corrected chi connectivity index (χ1v) is 10.4. The highest BCUT2D eigenvalue weighted by Gasteiger charge is 2.08. The molecule has 0 aliphatic rings. The molecule has 0 amide bonds. The fourth-order valence-corrected chi connectivity index (χ4v) is 4.64. The van der Waals surface area contributed by atoms with Gasteiger partial charge < -0.3 is 4.98 Å². The lowest BCUT2D eigenvalue weighted by Gasteiger charge is -2.11. The molecule has 1 nitrogen and oxygen atoms in total. The van der Waals surface area contributed by atoms with Gasteiger partial charge in [0.1, 0.15) is 0 Å². The summed E-state index contributed by atoms with van der Waals surface area (Å²) in [5, 5.41) is 5.18. The molecule has 1 heterocycles. The molecule has 0 aliphatic carbocycles. The number of hydrogen-bond donors (Lipinski definition) is 1. The molecule has 0 saturated heterocycles. The third-order valence-electron chi connectivity index (χ3n) is 6.15. The number of para-hydroxylation sites is 1. The quantitative estimate of drug-likeness (QED) is 0.311. The molecular weight excluding hydrogens is 362 g/mol. The lowest BCUT2D eigenvalue weighted by atomic mass is 9.94. The van der Waals surface area contributed by atoms with Crippen molar-refractivity contribution >= 4 is 32.6 Å². The van der Waals surface area contributed by atoms with Crippen LogP contribution in [0.4, 0.5) is 0 Å². The maximum atomic E-state index is 3.51. The number of rotatable bonds is 2. The van der Waals surface area contributed by atoms with Gasteiger partial charge in [0.25, 0.3) is 0 Å². The topological polar surface area (TPSA) is 15.8 Å². The lowest BCUT2D eigenvalue weighted by molar-refractivity contribution is 1.52. The van der Waals surface area contributed by atoms with Crippen molar-refractivity contribution in [2.45, 2.75) is 6.92 Å². The average molecular weight is 383 g/mol. The molecule has 0 aliphatic heterocycles. The number of hydrogen-bond acceptors (Lipinski definition) is 0. The fourth-order valence-electron chi connectivity index (χ4n) is 4.64. The minimum absolute atomic E-state index is 1.18. The summed E-state index contributed by atoms with van der Waals surface area (Å²) >= 11 is 0. The zero-order chi connectivity index (χ0) is 20.1. The maximum absolute atomic E-state index is 3.51. The zero-order valence-electron chi connectivity index (χ0n) is 16.8. The summed E-state index contributed by atoms with van der Waals surface area (Å²) in [6.07, 6.45) is 0. The molecule has 1 heteroatoms. The first-order valence-electron chi connectivity index (χ1n) is 10.4. The molecule has 0 atom stereocenters. The predicted molar refractivity (Wildman–Crippen MR) is 129 cm³/mol. The Morgan fingerprint density at radius 2 is 1.23 bits per heavy atom. The first kappa shape index (κ1) is 17.1. The normalized spacial score (nSPS) is 11.5. The number of H-pyrrole nitrogens is 1.